The quantitative estimate of drug-likeness (QED) is 0.578. The zero-order valence-electron chi connectivity index (χ0n) is 15.7. The summed E-state index contributed by atoms with van der Waals surface area (Å²) in [5.41, 5.74) is 0.924. The van der Waals surface area contributed by atoms with Gasteiger partial charge in [0.2, 0.25) is 5.95 Å². The molecule has 10 heteroatoms. The van der Waals surface area contributed by atoms with E-state index in [-0.39, 0.29) is 11.7 Å². The van der Waals surface area contributed by atoms with E-state index in [2.05, 4.69) is 14.8 Å². The van der Waals surface area contributed by atoms with Crippen LogP contribution in [-0.4, -0.2) is 65.0 Å². The fourth-order valence-electron chi connectivity index (χ4n) is 3.59. The molecular formula is C18H22N6O4. The van der Waals surface area contributed by atoms with Crippen molar-refractivity contribution in [2.45, 2.75) is 19.8 Å². The second kappa shape index (κ2) is 7.45. The number of nitro groups is 1. The molecule has 0 spiro atoms. The van der Waals surface area contributed by atoms with Crippen LogP contribution >= 0.6 is 0 Å². The molecule has 2 aliphatic rings. The molecule has 0 radical (unpaired) electrons. The van der Waals surface area contributed by atoms with Crippen LogP contribution in [-0.2, 0) is 0 Å². The summed E-state index contributed by atoms with van der Waals surface area (Å²) in [4.78, 5) is 37.9. The Kier molecular flexibility index (Phi) is 4.84. The van der Waals surface area contributed by atoms with Gasteiger partial charge in [0.25, 0.3) is 5.91 Å². The number of anilines is 2. The number of nitrogens with zero attached hydrogens (tertiary/aromatic N) is 6. The summed E-state index contributed by atoms with van der Waals surface area (Å²) >= 11 is 0. The maximum Gasteiger partial charge on any atom is 0.433 e. The Morgan fingerprint density at radius 2 is 1.79 bits per heavy atom. The number of carbonyl (C=O) groups excluding carboxylic acids is 1. The van der Waals surface area contributed by atoms with Gasteiger partial charge in [-0.05, 0) is 25.8 Å². The van der Waals surface area contributed by atoms with Gasteiger partial charge in [-0.3, -0.25) is 14.9 Å². The zero-order chi connectivity index (χ0) is 19.7. The molecule has 28 heavy (non-hydrogen) atoms. The standard InChI is InChI=1S/C18H22N6O4/c1-13-12-15(20-18(19-13)23-6-2-3-7-23)21-8-10-22(11-9-21)17(25)14-4-5-16(28-14)24(26)27/h4-5,12H,2-3,6-11H2,1H3. The van der Waals surface area contributed by atoms with Gasteiger partial charge >= 0.3 is 5.88 Å². The Balaban J connectivity index is 1.42. The van der Waals surface area contributed by atoms with Gasteiger partial charge < -0.3 is 19.1 Å². The van der Waals surface area contributed by atoms with Gasteiger partial charge in [0, 0.05) is 51.0 Å². The Morgan fingerprint density at radius 3 is 2.43 bits per heavy atom. The molecule has 2 fully saturated rings. The first-order chi connectivity index (χ1) is 13.5. The minimum atomic E-state index is -0.649. The lowest BCUT2D eigenvalue weighted by Crippen LogP contribution is -2.49. The molecule has 10 nitrogen and oxygen atoms in total. The largest absolute Gasteiger partial charge is 0.433 e. The van der Waals surface area contributed by atoms with Gasteiger partial charge in [-0.2, -0.15) is 4.98 Å². The van der Waals surface area contributed by atoms with Gasteiger partial charge in [0.1, 0.15) is 10.7 Å². The minimum Gasteiger partial charge on any atom is -0.395 e. The molecule has 2 aromatic rings. The molecule has 0 saturated carbocycles. The number of rotatable bonds is 4. The van der Waals surface area contributed by atoms with Crippen LogP contribution in [0.25, 0.3) is 0 Å². The van der Waals surface area contributed by atoms with Gasteiger partial charge in [0.05, 0.1) is 6.07 Å². The molecule has 1 amide bonds. The molecule has 2 aliphatic heterocycles. The summed E-state index contributed by atoms with van der Waals surface area (Å²) in [6, 6.07) is 4.52. The Labute approximate surface area is 161 Å². The smallest absolute Gasteiger partial charge is 0.395 e. The molecular weight excluding hydrogens is 364 g/mol. The number of hydrogen-bond acceptors (Lipinski definition) is 8. The van der Waals surface area contributed by atoms with Crippen LogP contribution in [0.3, 0.4) is 0 Å². The molecule has 4 rings (SSSR count). The summed E-state index contributed by atoms with van der Waals surface area (Å²) in [5.74, 6) is 0.885. The van der Waals surface area contributed by atoms with E-state index in [0.29, 0.717) is 26.2 Å². The van der Waals surface area contributed by atoms with E-state index in [4.69, 9.17) is 9.40 Å². The average Bonchev–Trinajstić information content (AvgIpc) is 3.39. The summed E-state index contributed by atoms with van der Waals surface area (Å²) in [7, 11) is 0. The van der Waals surface area contributed by atoms with Crippen molar-refractivity contribution >= 4 is 23.6 Å². The van der Waals surface area contributed by atoms with Gasteiger partial charge in [-0.25, -0.2) is 4.98 Å². The highest BCUT2D eigenvalue weighted by Gasteiger charge is 2.27. The third kappa shape index (κ3) is 3.62. The number of hydrogen-bond donors (Lipinski definition) is 0. The topological polar surface area (TPSA) is 109 Å². The second-order valence-corrected chi connectivity index (χ2v) is 7.04. The van der Waals surface area contributed by atoms with Crippen LogP contribution < -0.4 is 9.80 Å². The van der Waals surface area contributed by atoms with E-state index in [9.17, 15) is 14.9 Å². The predicted molar refractivity (Wildman–Crippen MR) is 102 cm³/mol. The first kappa shape index (κ1) is 18.2. The normalized spacial score (nSPS) is 17.2. The van der Waals surface area contributed by atoms with Crippen LogP contribution in [0.4, 0.5) is 17.7 Å². The third-order valence-electron chi connectivity index (χ3n) is 5.09. The maximum absolute atomic E-state index is 12.5. The molecule has 4 heterocycles. The first-order valence-electron chi connectivity index (χ1n) is 9.40. The Hall–Kier alpha value is -3.17. The summed E-state index contributed by atoms with van der Waals surface area (Å²) in [6.45, 7) is 6.19. The number of piperazine rings is 1. The van der Waals surface area contributed by atoms with Crippen LogP contribution in [0, 0.1) is 17.0 Å². The highest BCUT2D eigenvalue weighted by Crippen LogP contribution is 2.23. The Bertz CT molecular complexity index is 884. The number of carbonyl (C=O) groups is 1. The summed E-state index contributed by atoms with van der Waals surface area (Å²) < 4.78 is 5.03. The van der Waals surface area contributed by atoms with Crippen molar-refractivity contribution in [2.24, 2.45) is 0 Å². The van der Waals surface area contributed by atoms with E-state index in [1.54, 1.807) is 4.90 Å². The van der Waals surface area contributed by atoms with E-state index >= 15 is 0 Å². The summed E-state index contributed by atoms with van der Waals surface area (Å²) in [5, 5.41) is 10.7. The van der Waals surface area contributed by atoms with Gasteiger partial charge in [0.15, 0.2) is 5.76 Å². The molecule has 0 aliphatic carbocycles. The second-order valence-electron chi connectivity index (χ2n) is 7.04. The lowest BCUT2D eigenvalue weighted by Gasteiger charge is -2.35. The molecule has 0 aromatic carbocycles. The van der Waals surface area contributed by atoms with E-state index in [1.807, 2.05) is 13.0 Å². The van der Waals surface area contributed by atoms with Crippen LogP contribution in [0.1, 0.15) is 29.1 Å². The molecule has 0 N–H and O–H groups in total. The molecule has 0 bridgehead atoms. The molecule has 2 aromatic heterocycles. The monoisotopic (exact) mass is 386 g/mol. The van der Waals surface area contributed by atoms with Crippen molar-refractivity contribution in [3.05, 3.63) is 39.8 Å². The van der Waals surface area contributed by atoms with Crippen molar-refractivity contribution in [3.63, 3.8) is 0 Å². The number of aryl methyl sites for hydroxylation is 1. The third-order valence-corrected chi connectivity index (χ3v) is 5.09. The Morgan fingerprint density at radius 1 is 1.07 bits per heavy atom. The first-order valence-corrected chi connectivity index (χ1v) is 9.40. The van der Waals surface area contributed by atoms with E-state index in [0.717, 1.165) is 30.5 Å². The molecule has 0 unspecified atom stereocenters. The lowest BCUT2D eigenvalue weighted by atomic mass is 10.2. The van der Waals surface area contributed by atoms with Crippen molar-refractivity contribution in [2.75, 3.05) is 49.1 Å². The van der Waals surface area contributed by atoms with Crippen molar-refractivity contribution in [3.8, 4) is 0 Å². The van der Waals surface area contributed by atoms with Crippen LogP contribution in [0.5, 0.6) is 0 Å². The van der Waals surface area contributed by atoms with Gasteiger partial charge in [-0.15, -0.1) is 0 Å². The highest BCUT2D eigenvalue weighted by atomic mass is 16.6. The fraction of sp³-hybridized carbons (Fsp3) is 0.500. The highest BCUT2D eigenvalue weighted by molar-refractivity contribution is 5.92. The maximum atomic E-state index is 12.5. The van der Waals surface area contributed by atoms with E-state index < -0.39 is 10.8 Å². The predicted octanol–water partition coefficient (Wildman–Crippen LogP) is 1.85. The fourth-order valence-corrected chi connectivity index (χ4v) is 3.59. The van der Waals surface area contributed by atoms with Crippen LogP contribution in [0.2, 0.25) is 0 Å². The van der Waals surface area contributed by atoms with Gasteiger partial charge in [-0.1, -0.05) is 0 Å². The lowest BCUT2D eigenvalue weighted by molar-refractivity contribution is -0.402. The van der Waals surface area contributed by atoms with E-state index in [1.165, 1.54) is 25.0 Å². The molecule has 2 saturated heterocycles. The number of aromatic nitrogens is 2. The average molecular weight is 386 g/mol. The zero-order valence-corrected chi connectivity index (χ0v) is 15.7. The van der Waals surface area contributed by atoms with Crippen LogP contribution in [0.15, 0.2) is 22.6 Å². The molecule has 148 valence electrons. The minimum absolute atomic E-state index is 0.00523. The summed E-state index contributed by atoms with van der Waals surface area (Å²) in [6.07, 6.45) is 2.33. The molecule has 0 atom stereocenters. The number of furan rings is 1. The number of amides is 1. The van der Waals surface area contributed by atoms with Crippen molar-refractivity contribution in [1.29, 1.82) is 0 Å². The SMILES string of the molecule is Cc1cc(N2CCN(C(=O)c3ccc([N+](=O)[O-])o3)CC2)nc(N2CCCC2)n1. The van der Waals surface area contributed by atoms with Crippen molar-refractivity contribution in [1.82, 2.24) is 14.9 Å². The van der Waals surface area contributed by atoms with Crippen molar-refractivity contribution < 1.29 is 14.1 Å².